The van der Waals surface area contributed by atoms with E-state index in [2.05, 4.69) is 14.9 Å². The first-order chi connectivity index (χ1) is 13.4. The third kappa shape index (κ3) is 4.21. The van der Waals surface area contributed by atoms with Crippen molar-refractivity contribution in [3.63, 3.8) is 0 Å². The second-order valence-corrected chi connectivity index (χ2v) is 7.46. The zero-order valence-corrected chi connectivity index (χ0v) is 17.0. The highest BCUT2D eigenvalue weighted by Gasteiger charge is 2.27. The summed E-state index contributed by atoms with van der Waals surface area (Å²) in [5, 5.41) is 0. The molecule has 0 saturated carbocycles. The molecule has 148 valence electrons. The van der Waals surface area contributed by atoms with Crippen molar-refractivity contribution in [2.45, 2.75) is 47.1 Å². The van der Waals surface area contributed by atoms with Crippen molar-refractivity contribution in [1.82, 2.24) is 9.97 Å². The number of ketones is 1. The first kappa shape index (κ1) is 20.0. The molecule has 1 aliphatic heterocycles. The summed E-state index contributed by atoms with van der Waals surface area (Å²) in [5.41, 5.74) is 4.58. The van der Waals surface area contributed by atoms with Crippen LogP contribution in [0.5, 0.6) is 0 Å². The SMILES string of the molecule is CC(=O)c1c(C)cc(C)c(COC(=O)C2CCN(c3ncccn3)CC2)c1C. The molecule has 0 aliphatic carbocycles. The highest BCUT2D eigenvalue weighted by atomic mass is 16.5. The predicted octanol–water partition coefficient (Wildman–Crippen LogP) is 3.56. The van der Waals surface area contributed by atoms with Gasteiger partial charge in [0.2, 0.25) is 5.95 Å². The maximum absolute atomic E-state index is 12.6. The van der Waals surface area contributed by atoms with E-state index in [4.69, 9.17) is 4.74 Å². The number of carbonyl (C=O) groups excluding carboxylic acids is 2. The molecule has 2 heterocycles. The fraction of sp³-hybridized carbons (Fsp3) is 0.455. The van der Waals surface area contributed by atoms with Crippen LogP contribution in [0.4, 0.5) is 5.95 Å². The second-order valence-electron chi connectivity index (χ2n) is 7.46. The lowest BCUT2D eigenvalue weighted by molar-refractivity contribution is -0.150. The van der Waals surface area contributed by atoms with Gasteiger partial charge in [0.25, 0.3) is 0 Å². The molecule has 6 heteroatoms. The molecule has 1 fully saturated rings. The molecule has 0 radical (unpaired) electrons. The van der Waals surface area contributed by atoms with Gasteiger partial charge in [-0.1, -0.05) is 6.07 Å². The van der Waals surface area contributed by atoms with Crippen molar-refractivity contribution in [2.75, 3.05) is 18.0 Å². The van der Waals surface area contributed by atoms with Crippen molar-refractivity contribution in [2.24, 2.45) is 5.92 Å². The van der Waals surface area contributed by atoms with Crippen LogP contribution in [-0.2, 0) is 16.1 Å². The predicted molar refractivity (Wildman–Crippen MR) is 107 cm³/mol. The Bertz CT molecular complexity index is 872. The number of esters is 1. The van der Waals surface area contributed by atoms with Crippen molar-refractivity contribution < 1.29 is 14.3 Å². The van der Waals surface area contributed by atoms with Crippen LogP contribution < -0.4 is 4.90 Å². The van der Waals surface area contributed by atoms with Crippen LogP contribution in [0.3, 0.4) is 0 Å². The van der Waals surface area contributed by atoms with Gasteiger partial charge in [-0.25, -0.2) is 9.97 Å². The van der Waals surface area contributed by atoms with Gasteiger partial charge in [-0.2, -0.15) is 0 Å². The average molecular weight is 381 g/mol. The Balaban J connectivity index is 1.61. The Labute approximate surface area is 165 Å². The molecule has 3 rings (SSSR count). The van der Waals surface area contributed by atoms with E-state index in [1.807, 2.05) is 26.8 Å². The van der Waals surface area contributed by atoms with Crippen LogP contribution >= 0.6 is 0 Å². The molecule has 1 aromatic heterocycles. The molecule has 1 aromatic carbocycles. The van der Waals surface area contributed by atoms with Gasteiger partial charge in [0.05, 0.1) is 5.92 Å². The Morgan fingerprint density at radius 2 is 1.75 bits per heavy atom. The number of rotatable bonds is 5. The molecular formula is C22H27N3O3. The zero-order valence-electron chi connectivity index (χ0n) is 17.0. The van der Waals surface area contributed by atoms with E-state index in [0.717, 1.165) is 53.7 Å². The summed E-state index contributed by atoms with van der Waals surface area (Å²) < 4.78 is 5.64. The minimum absolute atomic E-state index is 0.0399. The van der Waals surface area contributed by atoms with E-state index in [9.17, 15) is 9.59 Å². The van der Waals surface area contributed by atoms with Crippen molar-refractivity contribution in [3.8, 4) is 0 Å². The Kier molecular flexibility index (Phi) is 6.07. The summed E-state index contributed by atoms with van der Waals surface area (Å²) in [6.45, 7) is 9.12. The van der Waals surface area contributed by atoms with Gasteiger partial charge in [-0.15, -0.1) is 0 Å². The standard InChI is InChI=1S/C22H27N3O3/c1-14-12-15(2)20(17(4)26)16(3)19(14)13-28-21(27)18-6-10-25(11-7-18)22-23-8-5-9-24-22/h5,8-9,12,18H,6-7,10-11,13H2,1-4H3. The van der Waals surface area contributed by atoms with E-state index in [1.54, 1.807) is 25.4 Å². The van der Waals surface area contributed by atoms with Gasteiger partial charge < -0.3 is 9.64 Å². The van der Waals surface area contributed by atoms with Gasteiger partial charge in [0.1, 0.15) is 6.61 Å². The van der Waals surface area contributed by atoms with Crippen LogP contribution in [0.25, 0.3) is 0 Å². The summed E-state index contributed by atoms with van der Waals surface area (Å²) >= 11 is 0. The summed E-state index contributed by atoms with van der Waals surface area (Å²) in [4.78, 5) is 35.2. The topological polar surface area (TPSA) is 72.4 Å². The third-order valence-corrected chi connectivity index (χ3v) is 5.51. The highest BCUT2D eigenvalue weighted by molar-refractivity contribution is 5.97. The lowest BCUT2D eigenvalue weighted by Gasteiger charge is -2.30. The van der Waals surface area contributed by atoms with Crippen LogP contribution in [0.15, 0.2) is 24.5 Å². The Morgan fingerprint density at radius 3 is 2.36 bits per heavy atom. The van der Waals surface area contributed by atoms with Crippen LogP contribution in [0.1, 0.15) is 52.4 Å². The Morgan fingerprint density at radius 1 is 1.11 bits per heavy atom. The van der Waals surface area contributed by atoms with E-state index in [-0.39, 0.29) is 24.3 Å². The quantitative estimate of drug-likeness (QED) is 0.582. The monoisotopic (exact) mass is 381 g/mol. The smallest absolute Gasteiger partial charge is 0.309 e. The molecule has 0 spiro atoms. The minimum Gasteiger partial charge on any atom is -0.461 e. The number of nitrogens with zero attached hydrogens (tertiary/aromatic N) is 3. The first-order valence-electron chi connectivity index (χ1n) is 9.67. The number of piperidine rings is 1. The lowest BCUT2D eigenvalue weighted by Crippen LogP contribution is -2.37. The van der Waals surface area contributed by atoms with E-state index >= 15 is 0 Å². The molecule has 0 atom stereocenters. The highest BCUT2D eigenvalue weighted by Crippen LogP contribution is 2.25. The molecule has 0 amide bonds. The Hall–Kier alpha value is -2.76. The average Bonchev–Trinajstić information content (AvgIpc) is 2.68. The molecule has 28 heavy (non-hydrogen) atoms. The zero-order chi connectivity index (χ0) is 20.3. The van der Waals surface area contributed by atoms with Crippen LogP contribution in [0, 0.1) is 26.7 Å². The van der Waals surface area contributed by atoms with Gasteiger partial charge >= 0.3 is 5.97 Å². The van der Waals surface area contributed by atoms with E-state index < -0.39 is 0 Å². The molecular weight excluding hydrogens is 354 g/mol. The van der Waals surface area contributed by atoms with E-state index in [1.165, 1.54) is 0 Å². The van der Waals surface area contributed by atoms with Crippen molar-refractivity contribution in [3.05, 3.63) is 52.3 Å². The number of benzene rings is 1. The lowest BCUT2D eigenvalue weighted by atomic mass is 9.92. The van der Waals surface area contributed by atoms with Gasteiger partial charge in [0.15, 0.2) is 5.78 Å². The van der Waals surface area contributed by atoms with Crippen molar-refractivity contribution in [1.29, 1.82) is 0 Å². The number of hydrogen-bond acceptors (Lipinski definition) is 6. The molecule has 6 nitrogen and oxygen atoms in total. The molecule has 0 N–H and O–H groups in total. The minimum atomic E-state index is -0.169. The fourth-order valence-electron chi connectivity index (χ4n) is 4.02. The number of carbonyl (C=O) groups is 2. The molecule has 2 aromatic rings. The number of aromatic nitrogens is 2. The first-order valence-corrected chi connectivity index (χ1v) is 9.67. The number of Topliss-reactive ketones (excluding diaryl/α,β-unsaturated/α-hetero) is 1. The molecule has 1 aliphatic rings. The van der Waals surface area contributed by atoms with Crippen molar-refractivity contribution >= 4 is 17.7 Å². The largest absolute Gasteiger partial charge is 0.461 e. The fourth-order valence-corrected chi connectivity index (χ4v) is 4.02. The van der Waals surface area contributed by atoms with E-state index in [0.29, 0.717) is 5.95 Å². The van der Waals surface area contributed by atoms with Gasteiger partial charge in [-0.05, 0) is 68.9 Å². The third-order valence-electron chi connectivity index (χ3n) is 5.51. The number of ether oxygens (including phenoxy) is 1. The molecule has 0 bridgehead atoms. The maximum Gasteiger partial charge on any atom is 0.309 e. The second kappa shape index (κ2) is 8.50. The van der Waals surface area contributed by atoms with Crippen LogP contribution in [-0.4, -0.2) is 34.8 Å². The van der Waals surface area contributed by atoms with Crippen LogP contribution in [0.2, 0.25) is 0 Å². The maximum atomic E-state index is 12.6. The van der Waals surface area contributed by atoms with Gasteiger partial charge in [0, 0.05) is 31.0 Å². The number of aryl methyl sites for hydroxylation is 2. The molecule has 0 unspecified atom stereocenters. The normalized spacial score (nSPS) is 14.8. The number of anilines is 1. The summed E-state index contributed by atoms with van der Waals surface area (Å²) in [6.07, 6.45) is 4.90. The van der Waals surface area contributed by atoms with Gasteiger partial charge in [-0.3, -0.25) is 9.59 Å². The summed E-state index contributed by atoms with van der Waals surface area (Å²) in [7, 11) is 0. The summed E-state index contributed by atoms with van der Waals surface area (Å²) in [5.74, 6) is 0.464. The molecule has 1 saturated heterocycles. The number of hydrogen-bond donors (Lipinski definition) is 0. The summed E-state index contributed by atoms with van der Waals surface area (Å²) in [6, 6.07) is 3.78.